The highest BCUT2D eigenvalue weighted by Gasteiger charge is 2.26. The molecule has 0 aromatic heterocycles. The van der Waals surface area contributed by atoms with Gasteiger partial charge >= 0.3 is 0 Å². The predicted molar refractivity (Wildman–Crippen MR) is 132 cm³/mol. The lowest BCUT2D eigenvalue weighted by molar-refractivity contribution is 0.245. The van der Waals surface area contributed by atoms with Crippen molar-refractivity contribution in [2.75, 3.05) is 25.0 Å². The number of hydrogen-bond acceptors (Lipinski definition) is 4. The molecule has 0 bridgehead atoms. The number of fused-ring (bicyclic) bond motifs is 1. The Morgan fingerprint density at radius 2 is 1.42 bits per heavy atom. The third kappa shape index (κ3) is 5.13. The van der Waals surface area contributed by atoms with E-state index >= 15 is 0 Å². The smallest absolute Gasteiger partial charge is 0.243 e. The minimum absolute atomic E-state index is 0.375. The van der Waals surface area contributed by atoms with Gasteiger partial charge in [-0.3, -0.25) is 4.90 Å². The Hall–Kier alpha value is -2.67. The summed E-state index contributed by atoms with van der Waals surface area (Å²) in [6.07, 6.45) is 3.02. The molecule has 1 fully saturated rings. The van der Waals surface area contributed by atoms with Crippen molar-refractivity contribution in [1.82, 2.24) is 9.21 Å². The summed E-state index contributed by atoms with van der Waals surface area (Å²) in [6.45, 7) is 5.05. The van der Waals surface area contributed by atoms with Crippen LogP contribution in [0, 0.1) is 0 Å². The van der Waals surface area contributed by atoms with E-state index in [1.807, 2.05) is 12.1 Å². The van der Waals surface area contributed by atoms with Crippen molar-refractivity contribution in [2.24, 2.45) is 0 Å². The SMILES string of the molecule is O=S(=O)(c1ccc(NCc2ccc(CN3CCc4ccccc4C3)cc2)cc1)N1CCCC1. The zero-order valence-corrected chi connectivity index (χ0v) is 19.7. The predicted octanol–water partition coefficient (Wildman–Crippen LogP) is 4.64. The van der Waals surface area contributed by atoms with Crippen molar-refractivity contribution in [2.45, 2.75) is 43.8 Å². The Labute approximate surface area is 197 Å². The average molecular weight is 462 g/mol. The van der Waals surface area contributed by atoms with Crippen molar-refractivity contribution >= 4 is 15.7 Å². The molecule has 1 saturated heterocycles. The van der Waals surface area contributed by atoms with Crippen LogP contribution in [0.2, 0.25) is 0 Å². The second-order valence-electron chi connectivity index (χ2n) is 9.03. The molecule has 2 aliphatic rings. The lowest BCUT2D eigenvalue weighted by Crippen LogP contribution is -2.29. The van der Waals surface area contributed by atoms with Crippen molar-refractivity contribution in [3.8, 4) is 0 Å². The highest BCUT2D eigenvalue weighted by atomic mass is 32.2. The van der Waals surface area contributed by atoms with Gasteiger partial charge in [0, 0.05) is 45.0 Å². The van der Waals surface area contributed by atoms with Crippen LogP contribution in [0.5, 0.6) is 0 Å². The van der Waals surface area contributed by atoms with E-state index in [1.54, 1.807) is 16.4 Å². The molecule has 172 valence electrons. The summed E-state index contributed by atoms with van der Waals surface area (Å²) in [5.41, 5.74) is 6.39. The molecular weight excluding hydrogens is 430 g/mol. The summed E-state index contributed by atoms with van der Waals surface area (Å²) in [7, 11) is -3.35. The number of sulfonamides is 1. The van der Waals surface area contributed by atoms with E-state index in [-0.39, 0.29) is 0 Å². The Morgan fingerprint density at radius 1 is 0.758 bits per heavy atom. The van der Waals surface area contributed by atoms with Gasteiger partial charge in [-0.25, -0.2) is 8.42 Å². The molecule has 2 aliphatic heterocycles. The molecular formula is C27H31N3O2S. The topological polar surface area (TPSA) is 52.7 Å². The molecule has 0 spiro atoms. The molecule has 0 atom stereocenters. The average Bonchev–Trinajstić information content (AvgIpc) is 3.40. The maximum Gasteiger partial charge on any atom is 0.243 e. The second kappa shape index (κ2) is 9.67. The van der Waals surface area contributed by atoms with Crippen LogP contribution in [-0.2, 0) is 36.1 Å². The van der Waals surface area contributed by atoms with Crippen molar-refractivity contribution < 1.29 is 8.42 Å². The van der Waals surface area contributed by atoms with Gasteiger partial charge in [0.2, 0.25) is 10.0 Å². The highest BCUT2D eigenvalue weighted by Crippen LogP contribution is 2.23. The Balaban J connectivity index is 1.14. The maximum atomic E-state index is 12.7. The minimum Gasteiger partial charge on any atom is -0.381 e. The summed E-state index contributed by atoms with van der Waals surface area (Å²) in [5, 5.41) is 3.40. The zero-order chi connectivity index (χ0) is 22.7. The van der Waals surface area contributed by atoms with Gasteiger partial charge in [0.05, 0.1) is 4.90 Å². The lowest BCUT2D eigenvalue weighted by atomic mass is 9.99. The van der Waals surface area contributed by atoms with E-state index in [4.69, 9.17) is 0 Å². The lowest BCUT2D eigenvalue weighted by Gasteiger charge is -2.28. The molecule has 5 rings (SSSR count). The third-order valence-electron chi connectivity index (χ3n) is 6.69. The van der Waals surface area contributed by atoms with Gasteiger partial charge in [0.25, 0.3) is 0 Å². The number of benzene rings is 3. The van der Waals surface area contributed by atoms with Crippen LogP contribution in [0.15, 0.2) is 77.7 Å². The van der Waals surface area contributed by atoms with Gasteiger partial charge in [0.1, 0.15) is 0 Å². The highest BCUT2D eigenvalue weighted by molar-refractivity contribution is 7.89. The molecule has 33 heavy (non-hydrogen) atoms. The number of rotatable bonds is 7. The number of hydrogen-bond donors (Lipinski definition) is 1. The molecule has 0 radical (unpaired) electrons. The first kappa shape index (κ1) is 22.1. The van der Waals surface area contributed by atoms with E-state index in [0.717, 1.165) is 44.6 Å². The first-order valence-corrected chi connectivity index (χ1v) is 13.2. The van der Waals surface area contributed by atoms with Crippen LogP contribution in [0.25, 0.3) is 0 Å². The summed E-state index contributed by atoms with van der Waals surface area (Å²) >= 11 is 0. The van der Waals surface area contributed by atoms with Gasteiger partial charge in [-0.15, -0.1) is 0 Å². The maximum absolute atomic E-state index is 12.7. The molecule has 0 aliphatic carbocycles. The normalized spacial score (nSPS) is 17.1. The van der Waals surface area contributed by atoms with Gasteiger partial charge in [-0.2, -0.15) is 4.31 Å². The fraction of sp³-hybridized carbons (Fsp3) is 0.333. The second-order valence-corrected chi connectivity index (χ2v) is 11.0. The van der Waals surface area contributed by atoms with E-state index in [9.17, 15) is 8.42 Å². The molecule has 3 aromatic carbocycles. The summed E-state index contributed by atoms with van der Waals surface area (Å²) < 4.78 is 26.9. The van der Waals surface area contributed by atoms with Gasteiger partial charge in [-0.1, -0.05) is 48.5 Å². The van der Waals surface area contributed by atoms with Crippen LogP contribution >= 0.6 is 0 Å². The summed E-state index contributed by atoms with van der Waals surface area (Å²) in [5.74, 6) is 0. The summed E-state index contributed by atoms with van der Waals surface area (Å²) in [6, 6.07) is 24.6. The van der Waals surface area contributed by atoms with E-state index in [2.05, 4.69) is 58.7 Å². The fourth-order valence-corrected chi connectivity index (χ4v) is 6.25. The molecule has 3 aromatic rings. The largest absolute Gasteiger partial charge is 0.381 e. The molecule has 5 nitrogen and oxygen atoms in total. The van der Waals surface area contributed by atoms with Crippen LogP contribution in [-0.4, -0.2) is 37.3 Å². The van der Waals surface area contributed by atoms with Gasteiger partial charge in [-0.05, 0) is 65.8 Å². The molecule has 1 N–H and O–H groups in total. The Morgan fingerprint density at radius 3 is 2.15 bits per heavy atom. The van der Waals surface area contributed by atoms with E-state index < -0.39 is 10.0 Å². The number of nitrogens with one attached hydrogen (secondary N) is 1. The quantitative estimate of drug-likeness (QED) is 0.557. The zero-order valence-electron chi connectivity index (χ0n) is 18.9. The van der Waals surface area contributed by atoms with Crippen molar-refractivity contribution in [1.29, 1.82) is 0 Å². The third-order valence-corrected chi connectivity index (χ3v) is 8.61. The molecule has 0 saturated carbocycles. The van der Waals surface area contributed by atoms with Crippen LogP contribution in [0.1, 0.15) is 35.1 Å². The fourth-order valence-electron chi connectivity index (χ4n) is 4.74. The molecule has 6 heteroatoms. The number of anilines is 1. The standard InChI is InChI=1S/C27H31N3O2S/c31-33(32,30-16-3-4-17-30)27-13-11-26(12-14-27)28-19-22-7-9-23(10-8-22)20-29-18-15-24-5-1-2-6-25(24)21-29/h1-2,5-14,28H,3-4,15-21H2. The van der Waals surface area contributed by atoms with Gasteiger partial charge in [0.15, 0.2) is 0 Å². The minimum atomic E-state index is -3.35. The summed E-state index contributed by atoms with van der Waals surface area (Å²) in [4.78, 5) is 2.88. The molecule has 2 heterocycles. The molecule has 0 amide bonds. The first-order chi connectivity index (χ1) is 16.1. The van der Waals surface area contributed by atoms with Crippen LogP contribution in [0.4, 0.5) is 5.69 Å². The first-order valence-electron chi connectivity index (χ1n) is 11.8. The van der Waals surface area contributed by atoms with Crippen molar-refractivity contribution in [3.05, 3.63) is 95.1 Å². The number of nitrogens with zero attached hydrogens (tertiary/aromatic N) is 2. The molecule has 0 unspecified atom stereocenters. The Bertz CT molecular complexity index is 1180. The monoisotopic (exact) mass is 461 g/mol. The van der Waals surface area contributed by atoms with E-state index in [0.29, 0.717) is 24.5 Å². The van der Waals surface area contributed by atoms with Gasteiger partial charge < -0.3 is 5.32 Å². The Kier molecular flexibility index (Phi) is 6.49. The van der Waals surface area contributed by atoms with Crippen LogP contribution in [0.3, 0.4) is 0 Å². The van der Waals surface area contributed by atoms with E-state index in [1.165, 1.54) is 22.3 Å². The van der Waals surface area contributed by atoms with Crippen molar-refractivity contribution in [3.63, 3.8) is 0 Å². The van der Waals surface area contributed by atoms with Crippen LogP contribution < -0.4 is 5.32 Å².